The first-order valence-corrected chi connectivity index (χ1v) is 10.4. The van der Waals surface area contributed by atoms with Gasteiger partial charge < -0.3 is 20.4 Å². The molecule has 10 heteroatoms. The van der Waals surface area contributed by atoms with Gasteiger partial charge in [0.15, 0.2) is 5.65 Å². The van der Waals surface area contributed by atoms with Gasteiger partial charge in [-0.2, -0.15) is 15.1 Å². The molecule has 0 saturated heterocycles. The summed E-state index contributed by atoms with van der Waals surface area (Å²) in [6.07, 6.45) is 9.12. The minimum atomic E-state index is 0.0282. The van der Waals surface area contributed by atoms with Crippen LogP contribution in [0.5, 0.6) is 5.88 Å². The van der Waals surface area contributed by atoms with E-state index in [0.29, 0.717) is 17.5 Å². The Labute approximate surface area is 178 Å². The molecule has 0 bridgehead atoms. The summed E-state index contributed by atoms with van der Waals surface area (Å²) in [5.41, 5.74) is 3.39. The van der Waals surface area contributed by atoms with E-state index in [9.17, 15) is 4.79 Å². The van der Waals surface area contributed by atoms with Crippen LogP contribution in [-0.4, -0.2) is 54.7 Å². The van der Waals surface area contributed by atoms with Crippen molar-refractivity contribution in [1.29, 1.82) is 0 Å². The van der Waals surface area contributed by atoms with Gasteiger partial charge in [0.1, 0.15) is 12.0 Å². The number of rotatable bonds is 5. The zero-order valence-corrected chi connectivity index (χ0v) is 17.4. The monoisotopic (exact) mass is 420 g/mol. The van der Waals surface area contributed by atoms with Crippen molar-refractivity contribution in [1.82, 2.24) is 34.9 Å². The third kappa shape index (κ3) is 3.76. The van der Waals surface area contributed by atoms with E-state index in [1.54, 1.807) is 18.5 Å². The standard InChI is InChI=1S/C21H24N8O2/c1-12(30)25-14-4-6-15(7-5-14)26-21-27-19-18(20(28-21)31-2)16(9-22-19)13-3-8-17-23-11-24-29(17)10-13/h3,8-11,14-15H,4-7H2,1-2H3,(H,25,30)(H2,22,26,27,28). The maximum absolute atomic E-state index is 11.3. The third-order valence-corrected chi connectivity index (χ3v) is 5.74. The number of ether oxygens (including phenoxy) is 1. The van der Waals surface area contributed by atoms with Crippen LogP contribution >= 0.6 is 0 Å². The molecule has 0 radical (unpaired) electrons. The fraction of sp³-hybridized carbons (Fsp3) is 0.381. The van der Waals surface area contributed by atoms with E-state index in [-0.39, 0.29) is 18.0 Å². The zero-order chi connectivity index (χ0) is 21.4. The summed E-state index contributed by atoms with van der Waals surface area (Å²) in [5, 5.41) is 11.5. The first-order chi connectivity index (χ1) is 15.1. The van der Waals surface area contributed by atoms with Crippen LogP contribution in [0.4, 0.5) is 5.95 Å². The molecule has 160 valence electrons. The number of carbonyl (C=O) groups excluding carboxylic acids is 1. The lowest BCUT2D eigenvalue weighted by molar-refractivity contribution is -0.119. The van der Waals surface area contributed by atoms with Crippen molar-refractivity contribution < 1.29 is 9.53 Å². The maximum Gasteiger partial charge on any atom is 0.228 e. The number of aromatic amines is 1. The van der Waals surface area contributed by atoms with Crippen LogP contribution in [0.3, 0.4) is 0 Å². The van der Waals surface area contributed by atoms with Gasteiger partial charge in [0.25, 0.3) is 0 Å². The number of fused-ring (bicyclic) bond motifs is 2. The summed E-state index contributed by atoms with van der Waals surface area (Å²) in [4.78, 5) is 28.0. The zero-order valence-electron chi connectivity index (χ0n) is 17.4. The summed E-state index contributed by atoms with van der Waals surface area (Å²) >= 11 is 0. The lowest BCUT2D eigenvalue weighted by Crippen LogP contribution is -2.39. The molecule has 4 aromatic heterocycles. The number of methoxy groups -OCH3 is 1. The number of anilines is 1. The molecule has 3 N–H and O–H groups in total. The van der Waals surface area contributed by atoms with E-state index in [2.05, 4.69) is 35.7 Å². The lowest BCUT2D eigenvalue weighted by atomic mass is 9.91. The Bertz CT molecular complexity index is 1240. The number of nitrogens with zero attached hydrogens (tertiary/aromatic N) is 5. The van der Waals surface area contributed by atoms with Crippen LogP contribution in [0.2, 0.25) is 0 Å². The van der Waals surface area contributed by atoms with Gasteiger partial charge in [0.05, 0.1) is 12.5 Å². The van der Waals surface area contributed by atoms with Gasteiger partial charge >= 0.3 is 0 Å². The molecule has 1 fully saturated rings. The van der Waals surface area contributed by atoms with Crippen molar-refractivity contribution in [3.8, 4) is 17.0 Å². The minimum absolute atomic E-state index is 0.0282. The number of aromatic nitrogens is 6. The second-order valence-corrected chi connectivity index (χ2v) is 7.86. The van der Waals surface area contributed by atoms with E-state index >= 15 is 0 Å². The van der Waals surface area contributed by atoms with Crippen molar-refractivity contribution in [3.05, 3.63) is 30.9 Å². The average Bonchev–Trinajstić information content (AvgIpc) is 3.40. The van der Waals surface area contributed by atoms with E-state index < -0.39 is 0 Å². The largest absolute Gasteiger partial charge is 0.480 e. The smallest absolute Gasteiger partial charge is 0.228 e. The highest BCUT2D eigenvalue weighted by Gasteiger charge is 2.23. The van der Waals surface area contributed by atoms with Crippen molar-refractivity contribution in [2.24, 2.45) is 0 Å². The Morgan fingerprint density at radius 2 is 2.00 bits per heavy atom. The molecular weight excluding hydrogens is 396 g/mol. The summed E-state index contributed by atoms with van der Waals surface area (Å²) in [7, 11) is 1.61. The fourth-order valence-corrected chi connectivity index (χ4v) is 4.27. The number of H-pyrrole nitrogens is 1. The number of nitrogens with one attached hydrogen (secondary N) is 3. The van der Waals surface area contributed by atoms with Crippen LogP contribution in [-0.2, 0) is 4.79 Å². The SMILES string of the molecule is COc1nc(NC2CCC(NC(C)=O)CC2)nc2[nH]cc(-c3ccc4ncnn4c3)c12. The topological polar surface area (TPSA) is 122 Å². The predicted molar refractivity (Wildman–Crippen MR) is 116 cm³/mol. The Morgan fingerprint density at radius 3 is 2.77 bits per heavy atom. The molecular formula is C21H24N8O2. The number of amides is 1. The summed E-state index contributed by atoms with van der Waals surface area (Å²) in [6.45, 7) is 1.56. The summed E-state index contributed by atoms with van der Waals surface area (Å²) in [6, 6.07) is 4.42. The van der Waals surface area contributed by atoms with Crippen LogP contribution in [0.1, 0.15) is 32.6 Å². The quantitative estimate of drug-likeness (QED) is 0.453. The highest BCUT2D eigenvalue weighted by molar-refractivity contribution is 5.97. The highest BCUT2D eigenvalue weighted by atomic mass is 16.5. The molecule has 5 rings (SSSR count). The maximum atomic E-state index is 11.3. The number of hydrogen-bond acceptors (Lipinski definition) is 7. The number of carbonyl (C=O) groups is 1. The lowest BCUT2D eigenvalue weighted by Gasteiger charge is -2.29. The molecule has 4 aromatic rings. The van der Waals surface area contributed by atoms with Crippen LogP contribution < -0.4 is 15.4 Å². The molecule has 0 unspecified atom stereocenters. The summed E-state index contributed by atoms with van der Waals surface area (Å²) < 4.78 is 7.35. The molecule has 0 aromatic carbocycles. The van der Waals surface area contributed by atoms with Gasteiger partial charge in [0.2, 0.25) is 17.7 Å². The Balaban J connectivity index is 1.40. The molecule has 1 saturated carbocycles. The van der Waals surface area contributed by atoms with Crippen molar-refractivity contribution >= 4 is 28.5 Å². The number of hydrogen-bond donors (Lipinski definition) is 3. The molecule has 10 nitrogen and oxygen atoms in total. The normalized spacial score (nSPS) is 18.9. The Hall–Kier alpha value is -3.69. The molecule has 0 aliphatic heterocycles. The highest BCUT2D eigenvalue weighted by Crippen LogP contribution is 2.34. The van der Waals surface area contributed by atoms with Gasteiger partial charge in [-0.15, -0.1) is 0 Å². The van der Waals surface area contributed by atoms with E-state index in [1.165, 1.54) is 6.33 Å². The molecule has 0 atom stereocenters. The first kappa shape index (κ1) is 19.3. The predicted octanol–water partition coefficient (Wildman–Crippen LogP) is 2.54. The van der Waals surface area contributed by atoms with Crippen molar-refractivity contribution in [2.45, 2.75) is 44.7 Å². The first-order valence-electron chi connectivity index (χ1n) is 10.4. The van der Waals surface area contributed by atoms with E-state index in [0.717, 1.165) is 47.8 Å². The molecule has 1 aliphatic carbocycles. The third-order valence-electron chi connectivity index (χ3n) is 5.74. The molecule has 31 heavy (non-hydrogen) atoms. The van der Waals surface area contributed by atoms with Gasteiger partial charge in [-0.3, -0.25) is 4.79 Å². The molecule has 4 heterocycles. The van der Waals surface area contributed by atoms with E-state index in [1.807, 2.05) is 24.5 Å². The number of pyridine rings is 1. The van der Waals surface area contributed by atoms with Gasteiger partial charge in [-0.1, -0.05) is 0 Å². The average molecular weight is 420 g/mol. The second kappa shape index (κ2) is 7.86. The van der Waals surface area contributed by atoms with Gasteiger partial charge in [-0.05, 0) is 37.8 Å². The van der Waals surface area contributed by atoms with Gasteiger partial charge in [-0.25, -0.2) is 9.50 Å². The summed E-state index contributed by atoms with van der Waals surface area (Å²) in [5.74, 6) is 1.07. The molecule has 1 amide bonds. The molecule has 1 aliphatic rings. The molecule has 0 spiro atoms. The minimum Gasteiger partial charge on any atom is -0.480 e. The van der Waals surface area contributed by atoms with Crippen LogP contribution in [0.25, 0.3) is 27.8 Å². The fourth-order valence-electron chi connectivity index (χ4n) is 4.27. The second-order valence-electron chi connectivity index (χ2n) is 7.86. The van der Waals surface area contributed by atoms with Crippen molar-refractivity contribution in [3.63, 3.8) is 0 Å². The van der Waals surface area contributed by atoms with Crippen LogP contribution in [0.15, 0.2) is 30.9 Å². The Kier molecular flexibility index (Phi) is 4.89. The Morgan fingerprint density at radius 1 is 1.19 bits per heavy atom. The van der Waals surface area contributed by atoms with Crippen molar-refractivity contribution in [2.75, 3.05) is 12.4 Å². The van der Waals surface area contributed by atoms with E-state index in [4.69, 9.17) is 4.74 Å². The van der Waals surface area contributed by atoms with Crippen LogP contribution in [0, 0.1) is 0 Å². The van der Waals surface area contributed by atoms with Gasteiger partial charge in [0, 0.05) is 42.5 Å².